The third-order valence-corrected chi connectivity index (χ3v) is 4.71. The van der Waals surface area contributed by atoms with Crippen LogP contribution in [0.3, 0.4) is 0 Å². The van der Waals surface area contributed by atoms with Gasteiger partial charge in [0.1, 0.15) is 12.1 Å². The molecular weight excluding hydrogens is 364 g/mol. The van der Waals surface area contributed by atoms with Crippen LogP contribution in [0, 0.1) is 6.92 Å². The molecule has 0 unspecified atom stereocenters. The van der Waals surface area contributed by atoms with Gasteiger partial charge in [-0.2, -0.15) is 5.10 Å². The van der Waals surface area contributed by atoms with Crippen LogP contribution < -0.4 is 0 Å². The van der Waals surface area contributed by atoms with Gasteiger partial charge < -0.3 is 5.11 Å². The van der Waals surface area contributed by atoms with E-state index in [9.17, 15) is 5.11 Å². The topological polar surface area (TPSA) is 81.1 Å². The van der Waals surface area contributed by atoms with Gasteiger partial charge in [-0.15, -0.1) is 10.2 Å². The second-order valence-corrected chi connectivity index (χ2v) is 6.67. The number of aromatic hydroxyl groups is 1. The highest BCUT2D eigenvalue weighted by atomic mass is 35.5. The van der Waals surface area contributed by atoms with Gasteiger partial charge in [-0.25, -0.2) is 9.67 Å². The summed E-state index contributed by atoms with van der Waals surface area (Å²) in [6, 6.07) is 12.5. The van der Waals surface area contributed by atoms with Crippen molar-refractivity contribution in [2.24, 2.45) is 0 Å². The summed E-state index contributed by atoms with van der Waals surface area (Å²) >= 11 is 6.16. The van der Waals surface area contributed by atoms with E-state index in [2.05, 4.69) is 20.3 Å². The summed E-state index contributed by atoms with van der Waals surface area (Å²) in [7, 11) is 0. The highest BCUT2D eigenvalue weighted by molar-refractivity contribution is 6.30. The molecule has 0 radical (unpaired) electrons. The molecule has 0 saturated heterocycles. The average Bonchev–Trinajstić information content (AvgIpc) is 3.27. The Hall–Kier alpha value is -3.45. The first-order chi connectivity index (χ1) is 13.1. The fourth-order valence-electron chi connectivity index (χ4n) is 3.15. The van der Waals surface area contributed by atoms with Gasteiger partial charge in [0.05, 0.1) is 17.3 Å². The number of aryl methyl sites for hydroxylation is 1. The molecule has 0 bridgehead atoms. The van der Waals surface area contributed by atoms with Crippen LogP contribution in [0.1, 0.15) is 5.56 Å². The van der Waals surface area contributed by atoms with E-state index < -0.39 is 0 Å². The Kier molecular flexibility index (Phi) is 3.38. The number of nitrogens with zero attached hydrogens (tertiary/aromatic N) is 6. The van der Waals surface area contributed by atoms with E-state index in [1.54, 1.807) is 39.8 Å². The lowest BCUT2D eigenvalue weighted by Gasteiger charge is -2.07. The fourth-order valence-corrected chi connectivity index (χ4v) is 3.32. The molecule has 27 heavy (non-hydrogen) atoms. The summed E-state index contributed by atoms with van der Waals surface area (Å²) in [6.45, 7) is 1.99. The van der Waals surface area contributed by atoms with Crippen molar-refractivity contribution < 1.29 is 5.11 Å². The van der Waals surface area contributed by atoms with Crippen molar-refractivity contribution in [3.05, 3.63) is 65.6 Å². The molecule has 5 rings (SSSR count). The predicted molar refractivity (Wildman–Crippen MR) is 102 cm³/mol. The van der Waals surface area contributed by atoms with Crippen LogP contribution in [0.2, 0.25) is 5.02 Å². The Balaban J connectivity index is 1.74. The lowest BCUT2D eigenvalue weighted by atomic mass is 10.2. The molecule has 5 aromatic rings. The molecule has 0 spiro atoms. The smallest absolute Gasteiger partial charge is 0.175 e. The maximum atomic E-state index is 9.74. The number of halogens is 1. The van der Waals surface area contributed by atoms with Gasteiger partial charge in [-0.05, 0) is 36.8 Å². The molecule has 0 saturated carbocycles. The Morgan fingerprint density at radius 2 is 1.93 bits per heavy atom. The predicted octanol–water partition coefficient (Wildman–Crippen LogP) is 3.80. The first-order valence-electron chi connectivity index (χ1n) is 8.25. The highest BCUT2D eigenvalue weighted by Gasteiger charge is 2.16. The van der Waals surface area contributed by atoms with Gasteiger partial charge in [-0.3, -0.25) is 4.40 Å². The zero-order valence-electron chi connectivity index (χ0n) is 14.2. The van der Waals surface area contributed by atoms with Crippen LogP contribution in [-0.2, 0) is 0 Å². The number of hydrogen-bond donors (Lipinski definition) is 1. The molecule has 2 aromatic carbocycles. The molecule has 3 aromatic heterocycles. The normalized spacial score (nSPS) is 11.5. The summed E-state index contributed by atoms with van der Waals surface area (Å²) in [6.07, 6.45) is 3.38. The van der Waals surface area contributed by atoms with E-state index in [1.807, 2.05) is 31.2 Å². The van der Waals surface area contributed by atoms with Crippen molar-refractivity contribution in [3.63, 3.8) is 0 Å². The van der Waals surface area contributed by atoms with Crippen LogP contribution in [0.4, 0.5) is 0 Å². The highest BCUT2D eigenvalue weighted by Crippen LogP contribution is 2.27. The molecule has 3 heterocycles. The number of benzene rings is 2. The summed E-state index contributed by atoms with van der Waals surface area (Å²) in [5.41, 5.74) is 3.96. The maximum Gasteiger partial charge on any atom is 0.175 e. The van der Waals surface area contributed by atoms with Crippen molar-refractivity contribution in [2.75, 3.05) is 0 Å². The number of phenolic OH excluding ortho intramolecular Hbond substituents is 1. The molecule has 0 amide bonds. The molecular formula is C19H13ClN6O. The van der Waals surface area contributed by atoms with Crippen molar-refractivity contribution in [1.82, 2.24) is 29.4 Å². The third-order valence-electron chi connectivity index (χ3n) is 4.48. The lowest BCUT2D eigenvalue weighted by molar-refractivity contribution is 0.475. The van der Waals surface area contributed by atoms with Gasteiger partial charge in [-0.1, -0.05) is 29.8 Å². The summed E-state index contributed by atoms with van der Waals surface area (Å²) in [5.74, 6) is 0.768. The first kappa shape index (κ1) is 15.8. The Bertz CT molecular complexity index is 1320. The van der Waals surface area contributed by atoms with Gasteiger partial charge in [0, 0.05) is 10.6 Å². The van der Waals surface area contributed by atoms with E-state index in [4.69, 9.17) is 11.6 Å². The van der Waals surface area contributed by atoms with Crippen LogP contribution in [0.5, 0.6) is 5.75 Å². The van der Waals surface area contributed by atoms with Gasteiger partial charge in [0.2, 0.25) is 0 Å². The van der Waals surface area contributed by atoms with Crippen molar-refractivity contribution >= 4 is 28.3 Å². The van der Waals surface area contributed by atoms with Gasteiger partial charge in [0.25, 0.3) is 0 Å². The molecule has 8 heteroatoms. The molecule has 0 aliphatic rings. The summed E-state index contributed by atoms with van der Waals surface area (Å²) in [5, 5.41) is 24.2. The largest absolute Gasteiger partial charge is 0.508 e. The lowest BCUT2D eigenvalue weighted by Crippen LogP contribution is -2.01. The maximum absolute atomic E-state index is 9.74. The molecule has 0 atom stereocenters. The standard InChI is InChI=1S/C19H13ClN6O/c1-11-5-6-13(20)8-16(11)26-18-15(9-22-26)19-24-23-17(25(19)10-21-18)12-3-2-4-14(27)7-12/h2-10,27H,1H3. The minimum absolute atomic E-state index is 0.169. The minimum Gasteiger partial charge on any atom is -0.508 e. The minimum atomic E-state index is 0.169. The number of rotatable bonds is 2. The van der Waals surface area contributed by atoms with E-state index in [1.165, 1.54) is 0 Å². The SMILES string of the molecule is Cc1ccc(Cl)cc1-n1ncc2c1ncn1c(-c3cccc(O)c3)nnc21. The van der Waals surface area contributed by atoms with Crippen LogP contribution >= 0.6 is 11.6 Å². The van der Waals surface area contributed by atoms with Gasteiger partial charge >= 0.3 is 0 Å². The van der Waals surface area contributed by atoms with E-state index in [-0.39, 0.29) is 5.75 Å². The zero-order valence-corrected chi connectivity index (χ0v) is 15.0. The number of aromatic nitrogens is 6. The Labute approximate surface area is 158 Å². The van der Waals surface area contributed by atoms with Crippen molar-refractivity contribution in [2.45, 2.75) is 6.92 Å². The van der Waals surface area contributed by atoms with E-state index >= 15 is 0 Å². The molecule has 7 nitrogen and oxygen atoms in total. The van der Waals surface area contributed by atoms with E-state index in [0.717, 1.165) is 22.2 Å². The van der Waals surface area contributed by atoms with Crippen molar-refractivity contribution in [1.29, 1.82) is 0 Å². The molecule has 0 aliphatic heterocycles. The van der Waals surface area contributed by atoms with Crippen LogP contribution in [0.15, 0.2) is 55.0 Å². The quantitative estimate of drug-likeness (QED) is 0.507. The summed E-state index contributed by atoms with van der Waals surface area (Å²) in [4.78, 5) is 4.58. The molecule has 0 fully saturated rings. The average molecular weight is 377 g/mol. The number of fused-ring (bicyclic) bond motifs is 3. The molecule has 132 valence electrons. The zero-order chi connectivity index (χ0) is 18.5. The van der Waals surface area contributed by atoms with Crippen LogP contribution in [0.25, 0.3) is 33.8 Å². The second-order valence-electron chi connectivity index (χ2n) is 6.24. The Morgan fingerprint density at radius 1 is 1.04 bits per heavy atom. The number of hydrogen-bond acceptors (Lipinski definition) is 5. The first-order valence-corrected chi connectivity index (χ1v) is 8.63. The number of phenols is 1. The van der Waals surface area contributed by atoms with Crippen molar-refractivity contribution in [3.8, 4) is 22.8 Å². The van der Waals surface area contributed by atoms with Gasteiger partial charge in [0.15, 0.2) is 17.1 Å². The summed E-state index contributed by atoms with van der Waals surface area (Å²) < 4.78 is 3.53. The fraction of sp³-hybridized carbons (Fsp3) is 0.0526. The second kappa shape index (κ2) is 5.78. The van der Waals surface area contributed by atoms with E-state index in [0.29, 0.717) is 22.1 Å². The Morgan fingerprint density at radius 3 is 2.78 bits per heavy atom. The monoisotopic (exact) mass is 376 g/mol. The van der Waals surface area contributed by atoms with Crippen LogP contribution in [-0.4, -0.2) is 34.5 Å². The molecule has 1 N–H and O–H groups in total. The third kappa shape index (κ3) is 2.43. The molecule has 0 aliphatic carbocycles.